The highest BCUT2D eigenvalue weighted by Crippen LogP contribution is 1.81. The topological polar surface area (TPSA) is 114 Å². The molecule has 0 saturated heterocycles. The number of nitrogens with two attached hydrogens (primary N) is 2. The van der Waals surface area contributed by atoms with E-state index in [-0.39, 0.29) is 25.0 Å². The molecule has 12 heavy (non-hydrogen) atoms. The molecule has 0 heterocycles. The largest absolute Gasteiger partial charge is 0.464 e. The quantitative estimate of drug-likeness (QED) is 0.173. The van der Waals surface area contributed by atoms with Gasteiger partial charge in [0.1, 0.15) is 6.61 Å². The number of rotatable bonds is 5. The molecule has 6 heteroatoms. The van der Waals surface area contributed by atoms with Crippen LogP contribution in [0.2, 0.25) is 0 Å². The van der Waals surface area contributed by atoms with Crippen molar-refractivity contribution in [1.29, 1.82) is 5.41 Å². The molecule has 0 aromatic heterocycles. The minimum Gasteiger partial charge on any atom is -0.464 e. The standard InChI is InChI=1S/C6H14N4O2/c7-2-1-5(11)12-4-3-10-6(8)9/h1-4,7H2,(H4,8,9,10). The first-order valence-corrected chi connectivity index (χ1v) is 3.60. The van der Waals surface area contributed by atoms with Crippen LogP contribution in [-0.4, -0.2) is 31.6 Å². The van der Waals surface area contributed by atoms with Gasteiger partial charge in [0.05, 0.1) is 13.0 Å². The van der Waals surface area contributed by atoms with Crippen LogP contribution < -0.4 is 16.8 Å². The fourth-order valence-electron chi connectivity index (χ4n) is 0.541. The first kappa shape index (κ1) is 10.7. The minimum atomic E-state index is -0.331. The third-order valence-electron chi connectivity index (χ3n) is 1.03. The molecule has 0 bridgehead atoms. The summed E-state index contributed by atoms with van der Waals surface area (Å²) in [7, 11) is 0. The van der Waals surface area contributed by atoms with Crippen LogP contribution in [-0.2, 0) is 9.53 Å². The molecular weight excluding hydrogens is 160 g/mol. The van der Waals surface area contributed by atoms with Crippen LogP contribution in [0.4, 0.5) is 0 Å². The fourth-order valence-corrected chi connectivity index (χ4v) is 0.541. The zero-order valence-electron chi connectivity index (χ0n) is 6.80. The number of carbonyl (C=O) groups is 1. The van der Waals surface area contributed by atoms with Gasteiger partial charge in [0.15, 0.2) is 5.96 Å². The van der Waals surface area contributed by atoms with Gasteiger partial charge in [-0.25, -0.2) is 0 Å². The van der Waals surface area contributed by atoms with E-state index in [2.05, 4.69) is 5.32 Å². The van der Waals surface area contributed by atoms with Crippen molar-refractivity contribution >= 4 is 11.9 Å². The lowest BCUT2D eigenvalue weighted by Gasteiger charge is -2.04. The molecule has 0 radical (unpaired) electrons. The molecule has 70 valence electrons. The van der Waals surface area contributed by atoms with E-state index >= 15 is 0 Å². The van der Waals surface area contributed by atoms with Crippen molar-refractivity contribution in [3.8, 4) is 0 Å². The molecule has 0 aliphatic heterocycles. The van der Waals surface area contributed by atoms with Crippen LogP contribution in [0.5, 0.6) is 0 Å². The van der Waals surface area contributed by atoms with Crippen molar-refractivity contribution in [2.45, 2.75) is 6.42 Å². The summed E-state index contributed by atoms with van der Waals surface area (Å²) in [6.07, 6.45) is 0.222. The average Bonchev–Trinajstić information content (AvgIpc) is 1.98. The second-order valence-electron chi connectivity index (χ2n) is 2.10. The van der Waals surface area contributed by atoms with E-state index in [1.165, 1.54) is 0 Å². The number of hydrogen-bond acceptors (Lipinski definition) is 4. The molecule has 0 aromatic rings. The summed E-state index contributed by atoms with van der Waals surface area (Å²) in [5.41, 5.74) is 10.1. The first-order valence-electron chi connectivity index (χ1n) is 3.60. The lowest BCUT2D eigenvalue weighted by Crippen LogP contribution is -2.33. The van der Waals surface area contributed by atoms with Gasteiger partial charge in [0.2, 0.25) is 0 Å². The maximum absolute atomic E-state index is 10.7. The van der Waals surface area contributed by atoms with E-state index < -0.39 is 0 Å². The Morgan fingerprint density at radius 2 is 2.25 bits per heavy atom. The van der Waals surface area contributed by atoms with Crippen molar-refractivity contribution in [2.75, 3.05) is 19.7 Å². The van der Waals surface area contributed by atoms with Gasteiger partial charge in [-0.1, -0.05) is 0 Å². The minimum absolute atomic E-state index is 0.134. The van der Waals surface area contributed by atoms with Crippen molar-refractivity contribution in [1.82, 2.24) is 5.32 Å². The van der Waals surface area contributed by atoms with Gasteiger partial charge in [-0.05, 0) is 0 Å². The Kier molecular flexibility index (Phi) is 5.72. The number of carbonyl (C=O) groups excluding carboxylic acids is 1. The zero-order chi connectivity index (χ0) is 9.40. The van der Waals surface area contributed by atoms with E-state index in [9.17, 15) is 4.79 Å². The number of esters is 1. The summed E-state index contributed by atoms with van der Waals surface area (Å²) >= 11 is 0. The maximum Gasteiger partial charge on any atom is 0.307 e. The van der Waals surface area contributed by atoms with Gasteiger partial charge in [-0.3, -0.25) is 10.2 Å². The van der Waals surface area contributed by atoms with Crippen LogP contribution in [0.15, 0.2) is 0 Å². The lowest BCUT2D eigenvalue weighted by molar-refractivity contribution is -0.143. The highest BCUT2D eigenvalue weighted by molar-refractivity contribution is 5.74. The number of hydrogen-bond donors (Lipinski definition) is 4. The van der Waals surface area contributed by atoms with Crippen molar-refractivity contribution < 1.29 is 9.53 Å². The number of guanidine groups is 1. The average molecular weight is 174 g/mol. The Morgan fingerprint density at radius 1 is 1.58 bits per heavy atom. The second kappa shape index (κ2) is 6.41. The van der Waals surface area contributed by atoms with Gasteiger partial charge in [0.25, 0.3) is 0 Å². The van der Waals surface area contributed by atoms with Gasteiger partial charge < -0.3 is 21.5 Å². The second-order valence-corrected chi connectivity index (χ2v) is 2.10. The van der Waals surface area contributed by atoms with Gasteiger partial charge >= 0.3 is 5.97 Å². The molecule has 0 fully saturated rings. The molecule has 0 amide bonds. The van der Waals surface area contributed by atoms with Crippen molar-refractivity contribution in [2.24, 2.45) is 11.5 Å². The molecule has 0 aliphatic rings. The third kappa shape index (κ3) is 6.81. The highest BCUT2D eigenvalue weighted by Gasteiger charge is 1.99. The summed E-state index contributed by atoms with van der Waals surface area (Å²) in [5, 5.41) is 9.26. The molecule has 0 atom stereocenters. The fraction of sp³-hybridized carbons (Fsp3) is 0.667. The van der Waals surface area contributed by atoms with Gasteiger partial charge in [0, 0.05) is 6.54 Å². The van der Waals surface area contributed by atoms with Crippen LogP contribution >= 0.6 is 0 Å². The van der Waals surface area contributed by atoms with Crippen molar-refractivity contribution in [3.63, 3.8) is 0 Å². The maximum atomic E-state index is 10.7. The molecule has 0 spiro atoms. The van der Waals surface area contributed by atoms with E-state index in [4.69, 9.17) is 21.6 Å². The summed E-state index contributed by atoms with van der Waals surface area (Å²) < 4.78 is 4.70. The smallest absolute Gasteiger partial charge is 0.307 e. The summed E-state index contributed by atoms with van der Waals surface area (Å²) in [6.45, 7) is 0.850. The van der Waals surface area contributed by atoms with E-state index in [0.29, 0.717) is 13.1 Å². The van der Waals surface area contributed by atoms with E-state index in [0.717, 1.165) is 0 Å². The Morgan fingerprint density at radius 3 is 2.75 bits per heavy atom. The molecule has 0 unspecified atom stereocenters. The SMILES string of the molecule is N=C(N)NCCOC(=O)CCN. The molecule has 0 rings (SSSR count). The summed E-state index contributed by atoms with van der Waals surface area (Å²) in [6, 6.07) is 0. The summed E-state index contributed by atoms with van der Waals surface area (Å²) in [4.78, 5) is 10.7. The van der Waals surface area contributed by atoms with E-state index in [1.54, 1.807) is 0 Å². The van der Waals surface area contributed by atoms with E-state index in [1.807, 2.05) is 0 Å². The lowest BCUT2D eigenvalue weighted by atomic mass is 10.4. The monoisotopic (exact) mass is 174 g/mol. The predicted molar refractivity (Wildman–Crippen MR) is 44.5 cm³/mol. The van der Waals surface area contributed by atoms with Gasteiger partial charge in [-0.15, -0.1) is 0 Å². The normalized spacial score (nSPS) is 9.08. The number of ether oxygens (including phenoxy) is 1. The molecule has 0 aliphatic carbocycles. The molecule has 6 nitrogen and oxygen atoms in total. The highest BCUT2D eigenvalue weighted by atomic mass is 16.5. The van der Waals surface area contributed by atoms with Crippen LogP contribution in [0.3, 0.4) is 0 Å². The molecule has 6 N–H and O–H groups in total. The number of nitrogens with one attached hydrogen (secondary N) is 2. The Hall–Kier alpha value is -1.30. The predicted octanol–water partition coefficient (Wildman–Crippen LogP) is -1.64. The zero-order valence-corrected chi connectivity index (χ0v) is 6.80. The van der Waals surface area contributed by atoms with Crippen molar-refractivity contribution in [3.05, 3.63) is 0 Å². The Balaban J connectivity index is 3.19. The molecule has 0 saturated carbocycles. The molecular formula is C6H14N4O2. The van der Waals surface area contributed by atoms with Crippen LogP contribution in [0.1, 0.15) is 6.42 Å². The van der Waals surface area contributed by atoms with Crippen LogP contribution in [0.25, 0.3) is 0 Å². The van der Waals surface area contributed by atoms with Gasteiger partial charge in [-0.2, -0.15) is 0 Å². The third-order valence-corrected chi connectivity index (χ3v) is 1.03. The Labute approximate surface area is 70.8 Å². The summed E-state index contributed by atoms with van der Waals surface area (Å²) in [5.74, 6) is -0.465. The van der Waals surface area contributed by atoms with Crippen LogP contribution in [0, 0.1) is 5.41 Å². The molecule has 0 aromatic carbocycles. The first-order chi connectivity index (χ1) is 5.66. The Bertz CT molecular complexity index is 160.